The quantitative estimate of drug-likeness (QED) is 0.819. The van der Waals surface area contributed by atoms with Crippen LogP contribution in [-0.2, 0) is 6.18 Å². The molecule has 2 aromatic rings. The molecule has 2 amide bonds. The lowest BCUT2D eigenvalue weighted by Gasteiger charge is -2.12. The maximum Gasteiger partial charge on any atom is 0.417 e. The van der Waals surface area contributed by atoms with Gasteiger partial charge in [0.1, 0.15) is 0 Å². The Labute approximate surface area is 134 Å². The molecule has 8 heteroatoms. The minimum atomic E-state index is -4.62. The second-order valence-electron chi connectivity index (χ2n) is 4.46. The van der Waals surface area contributed by atoms with Crippen molar-refractivity contribution >= 4 is 29.0 Å². The van der Waals surface area contributed by atoms with Gasteiger partial charge in [-0.1, -0.05) is 17.7 Å². The van der Waals surface area contributed by atoms with Crippen LogP contribution < -0.4 is 10.6 Å². The number of urea groups is 1. The molecular formula is C15H9ClF3N3O. The molecule has 0 saturated carbocycles. The predicted octanol–water partition coefficient (Wildman–Crippen LogP) is 4.87. The van der Waals surface area contributed by atoms with Crippen molar-refractivity contribution in [3.8, 4) is 6.07 Å². The lowest BCUT2D eigenvalue weighted by Crippen LogP contribution is -2.20. The molecule has 0 saturated heterocycles. The number of carbonyl (C=O) groups excluding carboxylic acids is 1. The number of halogens is 4. The number of anilines is 2. The third kappa shape index (κ3) is 4.37. The van der Waals surface area contributed by atoms with Crippen LogP contribution in [0.15, 0.2) is 42.5 Å². The molecule has 0 aliphatic carbocycles. The van der Waals surface area contributed by atoms with Crippen LogP contribution >= 0.6 is 11.6 Å². The molecule has 23 heavy (non-hydrogen) atoms. The molecule has 4 nitrogen and oxygen atoms in total. The van der Waals surface area contributed by atoms with E-state index in [9.17, 15) is 18.0 Å². The maximum absolute atomic E-state index is 12.8. The summed E-state index contributed by atoms with van der Waals surface area (Å²) in [5.41, 5.74) is -0.417. The van der Waals surface area contributed by atoms with Crippen LogP contribution in [-0.4, -0.2) is 6.03 Å². The van der Waals surface area contributed by atoms with E-state index in [4.69, 9.17) is 16.9 Å². The van der Waals surface area contributed by atoms with Crippen molar-refractivity contribution in [2.45, 2.75) is 6.18 Å². The van der Waals surface area contributed by atoms with Crippen molar-refractivity contribution in [3.05, 3.63) is 58.6 Å². The van der Waals surface area contributed by atoms with Crippen LogP contribution in [0.3, 0.4) is 0 Å². The van der Waals surface area contributed by atoms with Gasteiger partial charge in [0, 0.05) is 11.4 Å². The zero-order valence-corrected chi connectivity index (χ0v) is 12.2. The van der Waals surface area contributed by atoms with Gasteiger partial charge in [-0.05, 0) is 36.4 Å². The minimum Gasteiger partial charge on any atom is -0.308 e. The molecule has 0 heterocycles. The van der Waals surface area contributed by atoms with E-state index < -0.39 is 22.8 Å². The molecule has 0 spiro atoms. The van der Waals surface area contributed by atoms with Gasteiger partial charge in [-0.15, -0.1) is 0 Å². The zero-order valence-electron chi connectivity index (χ0n) is 11.4. The number of benzene rings is 2. The second-order valence-corrected chi connectivity index (χ2v) is 4.87. The lowest BCUT2D eigenvalue weighted by atomic mass is 10.2. The molecule has 0 aliphatic heterocycles. The van der Waals surface area contributed by atoms with Gasteiger partial charge in [-0.25, -0.2) is 4.79 Å². The summed E-state index contributed by atoms with van der Waals surface area (Å²) in [5, 5.41) is 13.0. The van der Waals surface area contributed by atoms with Crippen molar-refractivity contribution in [2.24, 2.45) is 0 Å². The Balaban J connectivity index is 2.13. The third-order valence-electron chi connectivity index (χ3n) is 2.78. The topological polar surface area (TPSA) is 64.9 Å². The predicted molar refractivity (Wildman–Crippen MR) is 80.3 cm³/mol. The Morgan fingerprint density at radius 2 is 1.74 bits per heavy atom. The summed E-state index contributed by atoms with van der Waals surface area (Å²) in [6.45, 7) is 0. The van der Waals surface area contributed by atoms with Crippen LogP contribution in [0.5, 0.6) is 0 Å². The first-order valence-corrected chi connectivity index (χ1v) is 6.62. The minimum absolute atomic E-state index is 0.0596. The van der Waals surface area contributed by atoms with Gasteiger partial charge in [0.2, 0.25) is 0 Å². The molecule has 0 fully saturated rings. The van der Waals surface area contributed by atoms with E-state index in [1.165, 1.54) is 12.1 Å². The van der Waals surface area contributed by atoms with E-state index in [2.05, 4.69) is 10.6 Å². The van der Waals surface area contributed by atoms with E-state index >= 15 is 0 Å². The standard InChI is InChI=1S/C15H9ClF3N3O/c16-13-5-4-11(7-12(13)15(17,18)19)22-14(23)21-10-3-1-2-9(6-10)8-20/h1-7H,(H2,21,22,23). The van der Waals surface area contributed by atoms with Crippen molar-refractivity contribution in [1.29, 1.82) is 5.26 Å². The highest BCUT2D eigenvalue weighted by molar-refractivity contribution is 6.31. The molecule has 118 valence electrons. The summed E-state index contributed by atoms with van der Waals surface area (Å²) in [4.78, 5) is 11.8. The first-order chi connectivity index (χ1) is 10.8. The summed E-state index contributed by atoms with van der Waals surface area (Å²) in [5.74, 6) is 0. The van der Waals surface area contributed by atoms with E-state index in [1.807, 2.05) is 6.07 Å². The Bertz CT molecular complexity index is 784. The number of nitrogens with one attached hydrogen (secondary N) is 2. The van der Waals surface area contributed by atoms with Crippen LogP contribution in [0, 0.1) is 11.3 Å². The van der Waals surface area contributed by atoms with Gasteiger partial charge in [0.15, 0.2) is 0 Å². The fourth-order valence-corrected chi connectivity index (χ4v) is 2.00. The summed E-state index contributed by atoms with van der Waals surface area (Å²) in [7, 11) is 0. The van der Waals surface area contributed by atoms with Crippen LogP contribution in [0.4, 0.5) is 29.3 Å². The number of hydrogen-bond acceptors (Lipinski definition) is 2. The Kier molecular flexibility index (Phi) is 4.77. The lowest BCUT2D eigenvalue weighted by molar-refractivity contribution is -0.137. The smallest absolute Gasteiger partial charge is 0.308 e. The number of carbonyl (C=O) groups is 1. The maximum atomic E-state index is 12.8. The number of nitriles is 1. The van der Waals surface area contributed by atoms with E-state index in [0.717, 1.165) is 12.1 Å². The summed E-state index contributed by atoms with van der Waals surface area (Å²) in [6, 6.07) is 10.3. The molecular weight excluding hydrogens is 331 g/mol. The molecule has 0 unspecified atom stereocenters. The van der Waals surface area contributed by atoms with Crippen molar-refractivity contribution in [1.82, 2.24) is 0 Å². The number of hydrogen-bond donors (Lipinski definition) is 2. The van der Waals surface area contributed by atoms with Crippen molar-refractivity contribution < 1.29 is 18.0 Å². The van der Waals surface area contributed by atoms with Crippen LogP contribution in [0.1, 0.15) is 11.1 Å². The average molecular weight is 340 g/mol. The highest BCUT2D eigenvalue weighted by atomic mass is 35.5. The van der Waals surface area contributed by atoms with Crippen LogP contribution in [0.2, 0.25) is 5.02 Å². The monoisotopic (exact) mass is 339 g/mol. The number of nitrogens with zero attached hydrogens (tertiary/aromatic N) is 1. The first kappa shape index (κ1) is 16.6. The highest BCUT2D eigenvalue weighted by Gasteiger charge is 2.33. The SMILES string of the molecule is N#Cc1cccc(NC(=O)Nc2ccc(Cl)c(C(F)(F)F)c2)c1. The summed E-state index contributed by atoms with van der Waals surface area (Å²) < 4.78 is 38.3. The summed E-state index contributed by atoms with van der Waals surface area (Å²) in [6.07, 6.45) is -4.62. The number of alkyl halides is 3. The fourth-order valence-electron chi connectivity index (χ4n) is 1.78. The van der Waals surface area contributed by atoms with E-state index in [0.29, 0.717) is 11.3 Å². The molecule has 0 atom stereocenters. The fraction of sp³-hybridized carbons (Fsp3) is 0.0667. The second kappa shape index (κ2) is 6.58. The van der Waals surface area contributed by atoms with Gasteiger partial charge in [0.25, 0.3) is 0 Å². The Morgan fingerprint density at radius 3 is 2.35 bits per heavy atom. The first-order valence-electron chi connectivity index (χ1n) is 6.24. The van der Waals surface area contributed by atoms with E-state index in [1.54, 1.807) is 18.2 Å². The van der Waals surface area contributed by atoms with E-state index in [-0.39, 0.29) is 5.69 Å². The number of amides is 2. The van der Waals surface area contributed by atoms with Gasteiger partial charge < -0.3 is 10.6 Å². The third-order valence-corrected chi connectivity index (χ3v) is 3.11. The van der Waals surface area contributed by atoms with Gasteiger partial charge >= 0.3 is 12.2 Å². The normalized spacial score (nSPS) is 10.7. The van der Waals surface area contributed by atoms with Crippen LogP contribution in [0.25, 0.3) is 0 Å². The van der Waals surface area contributed by atoms with Gasteiger partial charge in [0.05, 0.1) is 22.2 Å². The molecule has 0 radical (unpaired) electrons. The van der Waals surface area contributed by atoms with Gasteiger partial charge in [-0.2, -0.15) is 18.4 Å². The van der Waals surface area contributed by atoms with Gasteiger partial charge in [-0.3, -0.25) is 0 Å². The largest absolute Gasteiger partial charge is 0.417 e. The molecule has 2 rings (SSSR count). The Morgan fingerprint density at radius 1 is 1.09 bits per heavy atom. The molecule has 0 aromatic heterocycles. The Hall–Kier alpha value is -2.72. The van der Waals surface area contributed by atoms with Crippen molar-refractivity contribution in [3.63, 3.8) is 0 Å². The summed E-state index contributed by atoms with van der Waals surface area (Å²) >= 11 is 5.50. The molecule has 0 bridgehead atoms. The zero-order chi connectivity index (χ0) is 17.0. The molecule has 2 aromatic carbocycles. The molecule has 0 aliphatic rings. The average Bonchev–Trinajstić information content (AvgIpc) is 2.48. The molecule has 2 N–H and O–H groups in total. The highest BCUT2D eigenvalue weighted by Crippen LogP contribution is 2.36. The number of rotatable bonds is 2. The van der Waals surface area contributed by atoms with Crippen molar-refractivity contribution in [2.75, 3.05) is 10.6 Å².